The monoisotopic (exact) mass is 404 g/mol. The average Bonchev–Trinajstić information content (AvgIpc) is 2.43. The first-order chi connectivity index (χ1) is 9.80. The van der Waals surface area contributed by atoms with Gasteiger partial charge in [-0.2, -0.15) is 13.2 Å². The van der Waals surface area contributed by atoms with Crippen LogP contribution in [0.5, 0.6) is 0 Å². The molecular weight excluding hydrogens is 393 g/mol. The zero-order chi connectivity index (χ0) is 15.9. The minimum atomic E-state index is -4.32. The Morgan fingerprint density at radius 3 is 2.38 bits per heavy atom. The van der Waals surface area contributed by atoms with Gasteiger partial charge in [0.2, 0.25) is 0 Å². The van der Waals surface area contributed by atoms with Crippen molar-refractivity contribution in [2.75, 3.05) is 17.6 Å². The number of halogens is 5. The lowest BCUT2D eigenvalue weighted by atomic mass is 9.99. The molecule has 1 atom stereocenters. The van der Waals surface area contributed by atoms with Gasteiger partial charge in [-0.25, -0.2) is 4.84 Å². The van der Waals surface area contributed by atoms with Crippen molar-refractivity contribution in [1.82, 2.24) is 4.84 Å². The first-order valence-electron chi connectivity index (χ1n) is 5.84. The van der Waals surface area contributed by atoms with Crippen molar-refractivity contribution >= 4 is 51.4 Å². The van der Waals surface area contributed by atoms with Crippen LogP contribution in [-0.2, 0) is 4.79 Å². The van der Waals surface area contributed by atoms with E-state index in [0.717, 1.165) is 10.2 Å². The van der Waals surface area contributed by atoms with E-state index < -0.39 is 11.0 Å². The molecule has 0 unspecified atom stereocenters. The van der Waals surface area contributed by atoms with Gasteiger partial charge in [0.05, 0.1) is 0 Å². The Morgan fingerprint density at radius 2 is 1.90 bits per heavy atom. The third-order valence-corrected chi connectivity index (χ3v) is 4.32. The number of hydrogen-bond acceptors (Lipinski definition) is 4. The van der Waals surface area contributed by atoms with Crippen LogP contribution in [0.4, 0.5) is 18.9 Å². The second-order valence-corrected chi connectivity index (χ2v) is 6.54. The van der Waals surface area contributed by atoms with Gasteiger partial charge in [0.1, 0.15) is 11.8 Å². The Morgan fingerprint density at radius 1 is 1.29 bits per heavy atom. The summed E-state index contributed by atoms with van der Waals surface area (Å²) in [5, 5.41) is 2.97. The molecule has 0 aliphatic heterocycles. The molecule has 118 valence electrons. The largest absolute Gasteiger partial charge is 0.441 e. The Bertz CT molecular complexity index is 461. The maximum Gasteiger partial charge on any atom is 0.441 e. The van der Waals surface area contributed by atoms with Gasteiger partial charge in [-0.3, -0.25) is 0 Å². The molecule has 1 aromatic rings. The van der Waals surface area contributed by atoms with Gasteiger partial charge in [-0.1, -0.05) is 27.7 Å². The summed E-state index contributed by atoms with van der Waals surface area (Å²) < 4.78 is 37.3. The summed E-state index contributed by atoms with van der Waals surface area (Å²) in [5.41, 5.74) is -4.84. The average molecular weight is 406 g/mol. The summed E-state index contributed by atoms with van der Waals surface area (Å²) in [4.78, 5) is 13.5. The molecule has 21 heavy (non-hydrogen) atoms. The third-order valence-electron chi connectivity index (χ3n) is 2.68. The molecule has 0 bridgehead atoms. The lowest BCUT2D eigenvalue weighted by Gasteiger charge is -2.27. The molecule has 0 heterocycles. The van der Waals surface area contributed by atoms with E-state index in [1.807, 2.05) is 0 Å². The highest BCUT2D eigenvalue weighted by Gasteiger charge is 2.33. The topological polar surface area (TPSA) is 41.1 Å². The number of aldehydes is 1. The summed E-state index contributed by atoms with van der Waals surface area (Å²) in [7, 11) is 0. The van der Waals surface area contributed by atoms with Crippen molar-refractivity contribution < 1.29 is 18.0 Å². The van der Waals surface area contributed by atoms with Crippen LogP contribution in [-0.4, -0.2) is 29.6 Å². The highest BCUT2D eigenvalue weighted by Crippen LogP contribution is 2.31. The molecule has 0 fully saturated rings. The van der Waals surface area contributed by atoms with E-state index in [9.17, 15) is 18.0 Å². The highest BCUT2D eigenvalue weighted by molar-refractivity contribution is 9.10. The van der Waals surface area contributed by atoms with Crippen LogP contribution in [0.2, 0.25) is 0 Å². The molecule has 0 radical (unpaired) electrons. The van der Waals surface area contributed by atoms with E-state index in [1.165, 1.54) is 0 Å². The SMILES string of the molecule is O=C[C@@](CCSC(F)(F)F)(CNc1ccc(Br)cc1)NCl. The van der Waals surface area contributed by atoms with Crippen LogP contribution in [0.25, 0.3) is 0 Å². The molecule has 0 saturated carbocycles. The summed E-state index contributed by atoms with van der Waals surface area (Å²) >= 11 is 8.66. The minimum absolute atomic E-state index is 0.0479. The van der Waals surface area contributed by atoms with Crippen LogP contribution in [0, 0.1) is 0 Å². The lowest BCUT2D eigenvalue weighted by molar-refractivity contribution is -0.112. The van der Waals surface area contributed by atoms with Crippen molar-refractivity contribution in [2.45, 2.75) is 17.5 Å². The standard InChI is InChI=1S/C12H13BrClF3N2OS/c13-9-1-3-10(4-2-9)18-7-11(8-20,19-14)5-6-21-12(15,16)17/h1-4,8,18-19H,5-7H2/t11-/m1/s1. The fraction of sp³-hybridized carbons (Fsp3) is 0.417. The van der Waals surface area contributed by atoms with Gasteiger partial charge in [0, 0.05) is 22.5 Å². The molecule has 9 heteroatoms. The number of carbonyl (C=O) groups excluding carboxylic acids is 1. The van der Waals surface area contributed by atoms with E-state index in [1.54, 1.807) is 24.3 Å². The van der Waals surface area contributed by atoms with Crippen molar-refractivity contribution in [2.24, 2.45) is 0 Å². The number of carbonyl (C=O) groups is 1. The number of benzene rings is 1. The number of anilines is 1. The number of rotatable bonds is 8. The molecule has 0 saturated heterocycles. The van der Waals surface area contributed by atoms with Crippen LogP contribution >= 0.6 is 39.5 Å². The molecular formula is C12H13BrClF3N2OS. The van der Waals surface area contributed by atoms with Crippen molar-refractivity contribution in [3.63, 3.8) is 0 Å². The molecule has 0 spiro atoms. The third kappa shape index (κ3) is 6.90. The number of alkyl halides is 3. The zero-order valence-electron chi connectivity index (χ0n) is 10.7. The summed E-state index contributed by atoms with van der Waals surface area (Å²) in [6.45, 7) is 0.0834. The van der Waals surface area contributed by atoms with Gasteiger partial charge in [-0.15, -0.1) is 0 Å². The first-order valence-corrected chi connectivity index (χ1v) is 8.00. The summed E-state index contributed by atoms with van der Waals surface area (Å²) in [6, 6.07) is 7.16. The van der Waals surface area contributed by atoms with E-state index in [4.69, 9.17) is 11.8 Å². The Labute approximate surface area is 138 Å². The molecule has 0 aliphatic rings. The van der Waals surface area contributed by atoms with Gasteiger partial charge >= 0.3 is 5.51 Å². The smallest absolute Gasteiger partial charge is 0.383 e. The molecule has 3 nitrogen and oxygen atoms in total. The molecule has 1 rings (SSSR count). The van der Waals surface area contributed by atoms with Crippen molar-refractivity contribution in [3.05, 3.63) is 28.7 Å². The minimum Gasteiger partial charge on any atom is -0.383 e. The summed E-state index contributed by atoms with van der Waals surface area (Å²) in [6.07, 6.45) is 0.483. The van der Waals surface area contributed by atoms with Crippen molar-refractivity contribution in [3.8, 4) is 0 Å². The second-order valence-electron chi connectivity index (χ2n) is 4.27. The van der Waals surface area contributed by atoms with E-state index in [-0.39, 0.29) is 30.5 Å². The second kappa shape index (κ2) is 8.26. The Balaban J connectivity index is 2.58. The quantitative estimate of drug-likeness (QED) is 0.503. The van der Waals surface area contributed by atoms with Gasteiger partial charge in [0.25, 0.3) is 0 Å². The van der Waals surface area contributed by atoms with Crippen molar-refractivity contribution in [1.29, 1.82) is 0 Å². The van der Waals surface area contributed by atoms with Gasteiger partial charge < -0.3 is 10.1 Å². The molecule has 0 amide bonds. The molecule has 2 N–H and O–H groups in total. The zero-order valence-corrected chi connectivity index (χ0v) is 13.9. The fourth-order valence-corrected chi connectivity index (χ4v) is 2.64. The Hall–Kier alpha value is -0.440. The van der Waals surface area contributed by atoms with Gasteiger partial charge in [0.15, 0.2) is 0 Å². The number of thioether (sulfide) groups is 1. The van der Waals surface area contributed by atoms with Crippen LogP contribution < -0.4 is 10.2 Å². The van der Waals surface area contributed by atoms with Crippen LogP contribution in [0.1, 0.15) is 6.42 Å². The first kappa shape index (κ1) is 18.6. The lowest BCUT2D eigenvalue weighted by Crippen LogP contribution is -2.48. The van der Waals surface area contributed by atoms with Gasteiger partial charge in [-0.05, 0) is 42.5 Å². The highest BCUT2D eigenvalue weighted by atomic mass is 79.9. The maximum atomic E-state index is 12.1. The Kier molecular flexibility index (Phi) is 7.32. The van der Waals surface area contributed by atoms with Crippen LogP contribution in [0.15, 0.2) is 28.7 Å². The number of nitrogens with one attached hydrogen (secondary N) is 2. The van der Waals surface area contributed by atoms with Crippen LogP contribution in [0.3, 0.4) is 0 Å². The normalized spacial score (nSPS) is 14.5. The predicted octanol–water partition coefficient (Wildman–Crippen LogP) is 4.19. The van der Waals surface area contributed by atoms with E-state index in [2.05, 4.69) is 26.1 Å². The van der Waals surface area contributed by atoms with E-state index >= 15 is 0 Å². The number of hydrogen-bond donors (Lipinski definition) is 2. The summed E-state index contributed by atoms with van der Waals surface area (Å²) in [5.74, 6) is -0.260. The molecule has 0 aromatic heterocycles. The van der Waals surface area contributed by atoms with E-state index in [0.29, 0.717) is 6.29 Å². The molecule has 1 aromatic carbocycles. The molecule has 0 aliphatic carbocycles. The maximum absolute atomic E-state index is 12.1. The predicted molar refractivity (Wildman–Crippen MR) is 83.5 cm³/mol. The fourth-order valence-electron chi connectivity index (χ4n) is 1.47.